The summed E-state index contributed by atoms with van der Waals surface area (Å²) in [6.07, 6.45) is 0. The van der Waals surface area contributed by atoms with Gasteiger partial charge in [-0.1, -0.05) is 72.0 Å². The van der Waals surface area contributed by atoms with Gasteiger partial charge in [-0.2, -0.15) is 5.10 Å². The highest BCUT2D eigenvalue weighted by Gasteiger charge is 2.14. The Balaban J connectivity index is 2.31. The first kappa shape index (κ1) is 12.7. The van der Waals surface area contributed by atoms with Crippen LogP contribution in [-0.2, 0) is 7.05 Å². The van der Waals surface area contributed by atoms with Crippen molar-refractivity contribution in [1.29, 1.82) is 0 Å². The third kappa shape index (κ3) is 2.14. The van der Waals surface area contributed by atoms with Crippen LogP contribution in [0.1, 0.15) is 0 Å². The molecule has 1 heterocycles. The molecule has 0 atom stereocenters. The molecule has 0 spiro atoms. The molecule has 0 saturated carbocycles. The number of benzene rings is 2. The Morgan fingerprint density at radius 1 is 0.900 bits per heavy atom. The number of aromatic nitrogens is 1. The highest BCUT2D eigenvalue weighted by molar-refractivity contribution is 7.13. The largest absolute Gasteiger partial charge is 0.320 e. The molecule has 0 saturated heterocycles. The second-order valence-electron chi connectivity index (χ2n) is 4.48. The van der Waals surface area contributed by atoms with Crippen molar-refractivity contribution in [2.45, 2.75) is 0 Å². The molecule has 0 aliphatic rings. The number of hydrogen-bond donors (Lipinski definition) is 1. The van der Waals surface area contributed by atoms with Crippen LogP contribution in [0.4, 0.5) is 0 Å². The maximum absolute atomic E-state index is 5.50. The van der Waals surface area contributed by atoms with E-state index < -0.39 is 0 Å². The molecule has 3 aromatic rings. The van der Waals surface area contributed by atoms with Crippen molar-refractivity contribution in [3.8, 4) is 21.7 Å². The lowest BCUT2D eigenvalue weighted by Crippen LogP contribution is -2.13. The first-order valence-corrected chi connectivity index (χ1v) is 7.17. The van der Waals surface area contributed by atoms with Crippen LogP contribution < -0.4 is 10.6 Å². The van der Waals surface area contributed by atoms with Gasteiger partial charge in [0.15, 0.2) is 0 Å². The fourth-order valence-electron chi connectivity index (χ4n) is 2.27. The minimum absolute atomic E-state index is 0.808. The molecule has 0 radical (unpaired) electrons. The van der Waals surface area contributed by atoms with E-state index in [1.165, 1.54) is 16.0 Å². The van der Waals surface area contributed by atoms with Gasteiger partial charge in [0.05, 0.1) is 10.6 Å². The van der Waals surface area contributed by atoms with Gasteiger partial charge < -0.3 is 10.4 Å². The highest BCUT2D eigenvalue weighted by atomic mass is 32.1. The summed E-state index contributed by atoms with van der Waals surface area (Å²) in [5, 5.41) is 3.88. The smallest absolute Gasteiger partial charge is 0.208 e. The Kier molecular flexibility index (Phi) is 3.39. The van der Waals surface area contributed by atoms with E-state index in [1.807, 2.05) is 48.0 Å². The van der Waals surface area contributed by atoms with Crippen molar-refractivity contribution in [1.82, 2.24) is 4.57 Å². The predicted octanol–water partition coefficient (Wildman–Crippen LogP) is 3.20. The number of thiazole rings is 1. The summed E-state index contributed by atoms with van der Waals surface area (Å²) in [6.45, 7) is 0. The van der Waals surface area contributed by atoms with Gasteiger partial charge in [0, 0.05) is 7.05 Å². The van der Waals surface area contributed by atoms with Gasteiger partial charge in [0.25, 0.3) is 0 Å². The average Bonchev–Trinajstić information content (AvgIpc) is 2.86. The van der Waals surface area contributed by atoms with Crippen molar-refractivity contribution < 1.29 is 0 Å². The standard InChI is InChI=1S/C16H15N3S/c1-19-14(12-8-4-2-5-9-12)15(20-16(19)18-17)13-10-6-3-7-11-13/h2-11H,17H2,1H3/b18-16+. The molecule has 0 aliphatic carbocycles. The summed E-state index contributed by atoms with van der Waals surface area (Å²) in [5.74, 6) is 5.50. The van der Waals surface area contributed by atoms with E-state index in [9.17, 15) is 0 Å². The minimum Gasteiger partial charge on any atom is -0.320 e. The van der Waals surface area contributed by atoms with E-state index in [0.29, 0.717) is 0 Å². The Morgan fingerprint density at radius 3 is 2.00 bits per heavy atom. The molecular formula is C16H15N3S. The Hall–Kier alpha value is -2.33. The van der Waals surface area contributed by atoms with E-state index >= 15 is 0 Å². The van der Waals surface area contributed by atoms with Gasteiger partial charge in [-0.3, -0.25) is 0 Å². The minimum atomic E-state index is 0.808. The molecule has 4 heteroatoms. The van der Waals surface area contributed by atoms with E-state index in [4.69, 9.17) is 5.84 Å². The monoisotopic (exact) mass is 281 g/mol. The summed E-state index contributed by atoms with van der Waals surface area (Å²) in [6, 6.07) is 20.6. The molecule has 0 unspecified atom stereocenters. The second-order valence-corrected chi connectivity index (χ2v) is 5.46. The third-order valence-corrected chi connectivity index (χ3v) is 4.42. The van der Waals surface area contributed by atoms with Crippen LogP contribution in [0, 0.1) is 0 Å². The van der Waals surface area contributed by atoms with Crippen LogP contribution in [0.15, 0.2) is 65.8 Å². The van der Waals surface area contributed by atoms with Crippen LogP contribution in [-0.4, -0.2) is 4.57 Å². The van der Waals surface area contributed by atoms with Crippen molar-refractivity contribution in [3.05, 3.63) is 65.5 Å². The van der Waals surface area contributed by atoms with Gasteiger partial charge in [0.1, 0.15) is 0 Å². The summed E-state index contributed by atoms with van der Waals surface area (Å²) < 4.78 is 2.04. The van der Waals surface area contributed by atoms with Crippen LogP contribution >= 0.6 is 11.3 Å². The zero-order chi connectivity index (χ0) is 13.9. The van der Waals surface area contributed by atoms with Crippen LogP contribution in [0.25, 0.3) is 21.7 Å². The zero-order valence-electron chi connectivity index (χ0n) is 11.2. The van der Waals surface area contributed by atoms with Crippen molar-refractivity contribution in [3.63, 3.8) is 0 Å². The molecule has 0 aliphatic heterocycles. The lowest BCUT2D eigenvalue weighted by Gasteiger charge is -2.07. The normalized spacial score (nSPS) is 11.8. The molecule has 1 aromatic heterocycles. The van der Waals surface area contributed by atoms with Gasteiger partial charge in [-0.05, 0) is 11.1 Å². The molecule has 2 aromatic carbocycles. The second kappa shape index (κ2) is 5.35. The number of rotatable bonds is 2. The first-order chi connectivity index (χ1) is 9.81. The molecule has 0 fully saturated rings. The Labute approximate surface area is 121 Å². The molecule has 0 bridgehead atoms. The maximum Gasteiger partial charge on any atom is 0.208 e. The number of nitrogens with zero attached hydrogens (tertiary/aromatic N) is 2. The lowest BCUT2D eigenvalue weighted by molar-refractivity contribution is 0.863. The molecule has 2 N–H and O–H groups in total. The molecule has 20 heavy (non-hydrogen) atoms. The van der Waals surface area contributed by atoms with E-state index in [1.54, 1.807) is 11.3 Å². The summed E-state index contributed by atoms with van der Waals surface area (Å²) >= 11 is 1.61. The van der Waals surface area contributed by atoms with Crippen molar-refractivity contribution >= 4 is 11.3 Å². The molecule has 0 amide bonds. The maximum atomic E-state index is 5.50. The van der Waals surface area contributed by atoms with Gasteiger partial charge >= 0.3 is 0 Å². The van der Waals surface area contributed by atoms with Gasteiger partial charge in [-0.15, -0.1) is 0 Å². The fourth-order valence-corrected chi connectivity index (χ4v) is 3.34. The van der Waals surface area contributed by atoms with Crippen molar-refractivity contribution in [2.75, 3.05) is 0 Å². The number of hydrogen-bond acceptors (Lipinski definition) is 3. The molecular weight excluding hydrogens is 266 g/mol. The van der Waals surface area contributed by atoms with Crippen LogP contribution in [0.5, 0.6) is 0 Å². The fraction of sp³-hybridized carbons (Fsp3) is 0.0625. The summed E-state index contributed by atoms with van der Waals surface area (Å²) in [7, 11) is 2.00. The highest BCUT2D eigenvalue weighted by Crippen LogP contribution is 2.33. The summed E-state index contributed by atoms with van der Waals surface area (Å²) in [5.41, 5.74) is 3.49. The van der Waals surface area contributed by atoms with E-state index in [0.717, 1.165) is 10.5 Å². The summed E-state index contributed by atoms with van der Waals surface area (Å²) in [4.78, 5) is 1.99. The van der Waals surface area contributed by atoms with E-state index in [-0.39, 0.29) is 0 Å². The molecule has 100 valence electrons. The van der Waals surface area contributed by atoms with Gasteiger partial charge in [-0.25, -0.2) is 0 Å². The van der Waals surface area contributed by atoms with Gasteiger partial charge in [0.2, 0.25) is 4.80 Å². The predicted molar refractivity (Wildman–Crippen MR) is 83.9 cm³/mol. The Morgan fingerprint density at radius 2 is 1.45 bits per heavy atom. The third-order valence-electron chi connectivity index (χ3n) is 3.22. The SMILES string of the molecule is Cn1c(-c2ccccc2)c(-c2ccccc2)s/c1=N/N. The molecule has 3 rings (SSSR count). The zero-order valence-corrected chi connectivity index (χ0v) is 12.0. The first-order valence-electron chi connectivity index (χ1n) is 6.36. The van der Waals surface area contributed by atoms with Crippen LogP contribution in [0.2, 0.25) is 0 Å². The quantitative estimate of drug-likeness (QED) is 0.569. The van der Waals surface area contributed by atoms with Crippen molar-refractivity contribution in [2.24, 2.45) is 18.0 Å². The Bertz CT molecular complexity index is 770. The lowest BCUT2D eigenvalue weighted by atomic mass is 10.1. The molecule has 3 nitrogen and oxygen atoms in total. The number of nitrogens with two attached hydrogens (primary N) is 1. The average molecular weight is 281 g/mol. The topological polar surface area (TPSA) is 43.3 Å². The van der Waals surface area contributed by atoms with E-state index in [2.05, 4.69) is 29.4 Å². The van der Waals surface area contributed by atoms with Crippen LogP contribution in [0.3, 0.4) is 0 Å².